The predicted octanol–water partition coefficient (Wildman–Crippen LogP) is -2.55. The van der Waals surface area contributed by atoms with Crippen molar-refractivity contribution in [3.05, 3.63) is 0 Å². The molecule has 10 heavy (non-hydrogen) atoms. The molecule has 0 spiro atoms. The second-order valence-electron chi connectivity index (χ2n) is 1.82. The summed E-state index contributed by atoms with van der Waals surface area (Å²) >= 11 is 0. The minimum Gasteiger partial charge on any atom is -0.394 e. The summed E-state index contributed by atoms with van der Waals surface area (Å²) in [6, 6.07) is -0.775. The molecule has 60 valence electrons. The average molecular weight is 149 g/mol. The molecule has 1 amide bonds. The van der Waals surface area contributed by atoms with Crippen LogP contribution < -0.4 is 5.32 Å². The number of hydrogen-bond acceptors (Lipinski definition) is 4. The SMILES string of the molecule is O=CNC(CO)C(O)CO. The number of carbonyl (C=O) groups is 1. The molecule has 0 aromatic heterocycles. The Morgan fingerprint density at radius 3 is 2.30 bits per heavy atom. The van der Waals surface area contributed by atoms with Crippen molar-refractivity contribution in [1.82, 2.24) is 5.32 Å². The van der Waals surface area contributed by atoms with Gasteiger partial charge in [0.25, 0.3) is 0 Å². The molecule has 0 heterocycles. The lowest BCUT2D eigenvalue weighted by Crippen LogP contribution is -2.43. The third-order valence-corrected chi connectivity index (χ3v) is 1.13. The van der Waals surface area contributed by atoms with Crippen LogP contribution in [-0.4, -0.2) is 47.1 Å². The fraction of sp³-hybridized carbons (Fsp3) is 0.800. The third kappa shape index (κ3) is 2.77. The van der Waals surface area contributed by atoms with Crippen molar-refractivity contribution >= 4 is 6.41 Å². The molecule has 0 aliphatic heterocycles. The van der Waals surface area contributed by atoms with Crippen LogP contribution in [0.5, 0.6) is 0 Å². The quantitative estimate of drug-likeness (QED) is 0.324. The molecule has 0 aliphatic carbocycles. The fourth-order valence-corrected chi connectivity index (χ4v) is 0.500. The molecule has 0 bridgehead atoms. The van der Waals surface area contributed by atoms with Crippen molar-refractivity contribution in [3.8, 4) is 0 Å². The fourth-order valence-electron chi connectivity index (χ4n) is 0.500. The summed E-state index contributed by atoms with van der Waals surface area (Å²) in [5, 5.41) is 27.8. The van der Waals surface area contributed by atoms with Gasteiger partial charge in [0.15, 0.2) is 0 Å². The van der Waals surface area contributed by atoms with Gasteiger partial charge in [0.05, 0.1) is 25.4 Å². The van der Waals surface area contributed by atoms with Crippen LogP contribution in [0, 0.1) is 0 Å². The van der Waals surface area contributed by atoms with Gasteiger partial charge in [-0.1, -0.05) is 0 Å². The summed E-state index contributed by atoms with van der Waals surface area (Å²) in [4.78, 5) is 9.78. The third-order valence-electron chi connectivity index (χ3n) is 1.13. The Morgan fingerprint density at radius 2 is 2.00 bits per heavy atom. The van der Waals surface area contributed by atoms with Crippen molar-refractivity contribution in [2.45, 2.75) is 12.1 Å². The first-order valence-electron chi connectivity index (χ1n) is 2.85. The van der Waals surface area contributed by atoms with Gasteiger partial charge in [-0.25, -0.2) is 0 Å². The summed E-state index contributed by atoms with van der Waals surface area (Å²) in [7, 11) is 0. The summed E-state index contributed by atoms with van der Waals surface area (Å²) in [5.74, 6) is 0. The Hall–Kier alpha value is -0.650. The smallest absolute Gasteiger partial charge is 0.207 e. The highest BCUT2D eigenvalue weighted by molar-refractivity contribution is 5.46. The van der Waals surface area contributed by atoms with Crippen LogP contribution in [0.25, 0.3) is 0 Å². The minimum atomic E-state index is -1.10. The summed E-state index contributed by atoms with van der Waals surface area (Å²) in [6.07, 6.45) is -0.741. The van der Waals surface area contributed by atoms with Gasteiger partial charge < -0.3 is 20.6 Å². The first-order chi connectivity index (χ1) is 4.76. The number of amides is 1. The Balaban J connectivity index is 3.67. The van der Waals surface area contributed by atoms with Gasteiger partial charge >= 0.3 is 0 Å². The molecule has 4 N–H and O–H groups in total. The van der Waals surface area contributed by atoms with Crippen LogP contribution in [0.3, 0.4) is 0 Å². The van der Waals surface area contributed by atoms with Crippen LogP contribution in [0.15, 0.2) is 0 Å². The molecule has 5 heteroatoms. The Kier molecular flexibility index (Phi) is 4.82. The van der Waals surface area contributed by atoms with E-state index in [1.165, 1.54) is 0 Å². The van der Waals surface area contributed by atoms with Crippen LogP contribution in [0.2, 0.25) is 0 Å². The van der Waals surface area contributed by atoms with Crippen LogP contribution >= 0.6 is 0 Å². The number of aliphatic hydroxyl groups is 3. The van der Waals surface area contributed by atoms with E-state index in [2.05, 4.69) is 5.32 Å². The Labute approximate surface area is 58.3 Å². The second-order valence-corrected chi connectivity index (χ2v) is 1.82. The molecule has 5 nitrogen and oxygen atoms in total. The zero-order valence-corrected chi connectivity index (χ0v) is 5.40. The number of hydrogen-bond donors (Lipinski definition) is 4. The predicted molar refractivity (Wildman–Crippen MR) is 33.2 cm³/mol. The average Bonchev–Trinajstić information content (AvgIpc) is 1.99. The van der Waals surface area contributed by atoms with Gasteiger partial charge in [0, 0.05) is 0 Å². The summed E-state index contributed by atoms with van der Waals surface area (Å²) in [6.45, 7) is -0.869. The van der Waals surface area contributed by atoms with Crippen molar-refractivity contribution in [1.29, 1.82) is 0 Å². The van der Waals surface area contributed by atoms with Gasteiger partial charge in [-0.2, -0.15) is 0 Å². The van der Waals surface area contributed by atoms with Gasteiger partial charge in [-0.05, 0) is 0 Å². The lowest BCUT2D eigenvalue weighted by atomic mass is 10.2. The highest BCUT2D eigenvalue weighted by Gasteiger charge is 2.15. The van der Waals surface area contributed by atoms with E-state index in [0.29, 0.717) is 6.41 Å². The van der Waals surface area contributed by atoms with Crippen molar-refractivity contribution in [2.75, 3.05) is 13.2 Å². The monoisotopic (exact) mass is 149 g/mol. The molecular formula is C5H11NO4. The number of aliphatic hydroxyl groups excluding tert-OH is 3. The highest BCUT2D eigenvalue weighted by Crippen LogP contribution is 1.89. The maximum Gasteiger partial charge on any atom is 0.207 e. The van der Waals surface area contributed by atoms with Gasteiger partial charge in [0.2, 0.25) is 6.41 Å². The maximum atomic E-state index is 9.78. The van der Waals surface area contributed by atoms with Gasteiger partial charge in [-0.15, -0.1) is 0 Å². The number of rotatable bonds is 5. The van der Waals surface area contributed by atoms with E-state index in [-0.39, 0.29) is 6.61 Å². The van der Waals surface area contributed by atoms with E-state index in [9.17, 15) is 4.79 Å². The molecule has 0 rings (SSSR count). The second kappa shape index (κ2) is 5.16. The van der Waals surface area contributed by atoms with Crippen LogP contribution in [0.4, 0.5) is 0 Å². The Morgan fingerprint density at radius 1 is 1.40 bits per heavy atom. The lowest BCUT2D eigenvalue weighted by Gasteiger charge is -2.17. The molecule has 0 aromatic rings. The van der Waals surface area contributed by atoms with E-state index < -0.39 is 18.8 Å². The molecule has 0 aliphatic rings. The first kappa shape index (κ1) is 9.35. The summed E-state index contributed by atoms with van der Waals surface area (Å²) < 4.78 is 0. The number of carbonyl (C=O) groups excluding carboxylic acids is 1. The van der Waals surface area contributed by atoms with Gasteiger partial charge in [0.1, 0.15) is 0 Å². The topological polar surface area (TPSA) is 89.8 Å². The summed E-state index contributed by atoms with van der Waals surface area (Å²) in [5.41, 5.74) is 0. The van der Waals surface area contributed by atoms with E-state index in [1.54, 1.807) is 0 Å². The zero-order valence-electron chi connectivity index (χ0n) is 5.40. The molecular weight excluding hydrogens is 138 g/mol. The molecule has 0 fully saturated rings. The molecule has 2 atom stereocenters. The van der Waals surface area contributed by atoms with E-state index >= 15 is 0 Å². The minimum absolute atomic E-state index is 0.361. The largest absolute Gasteiger partial charge is 0.394 e. The van der Waals surface area contributed by atoms with E-state index in [1.807, 2.05) is 0 Å². The van der Waals surface area contributed by atoms with Crippen LogP contribution in [0.1, 0.15) is 0 Å². The van der Waals surface area contributed by atoms with Gasteiger partial charge in [-0.3, -0.25) is 4.79 Å². The normalized spacial score (nSPS) is 15.9. The molecule has 0 saturated carbocycles. The van der Waals surface area contributed by atoms with Crippen molar-refractivity contribution < 1.29 is 20.1 Å². The van der Waals surface area contributed by atoms with Crippen molar-refractivity contribution in [2.24, 2.45) is 0 Å². The van der Waals surface area contributed by atoms with Crippen LogP contribution in [-0.2, 0) is 4.79 Å². The van der Waals surface area contributed by atoms with E-state index in [0.717, 1.165) is 0 Å². The number of nitrogens with one attached hydrogen (secondary N) is 1. The first-order valence-corrected chi connectivity index (χ1v) is 2.85. The standard InChI is InChI=1S/C5H11NO4/c7-1-4(6-3-9)5(10)2-8/h3-5,7-8,10H,1-2H2,(H,6,9). The van der Waals surface area contributed by atoms with E-state index in [4.69, 9.17) is 15.3 Å². The molecule has 0 aromatic carbocycles. The lowest BCUT2D eigenvalue weighted by molar-refractivity contribution is -0.111. The zero-order chi connectivity index (χ0) is 7.98. The van der Waals surface area contributed by atoms with Crippen molar-refractivity contribution in [3.63, 3.8) is 0 Å². The molecule has 0 saturated heterocycles. The molecule has 0 radical (unpaired) electrons. The molecule has 2 unspecified atom stereocenters. The maximum absolute atomic E-state index is 9.78. The highest BCUT2D eigenvalue weighted by atomic mass is 16.3. The Bertz CT molecular complexity index is 97.6.